The molecule has 1 aliphatic heterocycles. The van der Waals surface area contributed by atoms with Gasteiger partial charge in [0.2, 0.25) is 0 Å². The van der Waals surface area contributed by atoms with Gasteiger partial charge in [0.15, 0.2) is 0 Å². The van der Waals surface area contributed by atoms with Crippen LogP contribution >= 0.6 is 11.6 Å². The summed E-state index contributed by atoms with van der Waals surface area (Å²) in [6.07, 6.45) is 1.54. The molecule has 1 fully saturated rings. The summed E-state index contributed by atoms with van der Waals surface area (Å²) >= 11 is 5.90. The highest BCUT2D eigenvalue weighted by molar-refractivity contribution is 6.32. The third-order valence-electron chi connectivity index (χ3n) is 4.87. The minimum Gasteiger partial charge on any atom is -0.507 e. The first-order valence-corrected chi connectivity index (χ1v) is 8.92. The number of likely N-dealkylation sites (tertiary alicyclic amines) is 1. The van der Waals surface area contributed by atoms with Crippen LogP contribution in [0.3, 0.4) is 0 Å². The highest BCUT2D eigenvalue weighted by Crippen LogP contribution is 2.38. The smallest absolute Gasteiger partial charge is 0.337 e. The number of carbonyl (C=O) groups excluding carboxylic acids is 2. The van der Waals surface area contributed by atoms with Crippen LogP contribution in [0.25, 0.3) is 0 Å². The van der Waals surface area contributed by atoms with Crippen molar-refractivity contribution >= 4 is 23.5 Å². The lowest BCUT2D eigenvalue weighted by Crippen LogP contribution is -2.31. The van der Waals surface area contributed by atoms with Crippen LogP contribution in [-0.4, -0.2) is 40.6 Å². The molecule has 1 aliphatic rings. The number of phenols is 2. The van der Waals surface area contributed by atoms with Gasteiger partial charge in [-0.15, -0.1) is 0 Å². The average molecular weight is 390 g/mol. The van der Waals surface area contributed by atoms with Crippen LogP contribution in [-0.2, 0) is 4.74 Å². The van der Waals surface area contributed by atoms with Gasteiger partial charge in [0.25, 0.3) is 5.91 Å². The number of hydrogen-bond acceptors (Lipinski definition) is 5. The number of esters is 1. The van der Waals surface area contributed by atoms with E-state index >= 15 is 0 Å². The van der Waals surface area contributed by atoms with E-state index in [9.17, 15) is 19.8 Å². The highest BCUT2D eigenvalue weighted by Gasteiger charge is 2.33. The number of phenolic OH excluding ortho intramolecular Hbond substituents is 2. The number of ether oxygens (including phenoxy) is 1. The Hall–Kier alpha value is -2.73. The summed E-state index contributed by atoms with van der Waals surface area (Å²) in [6, 6.07) is 7.37. The van der Waals surface area contributed by atoms with Crippen molar-refractivity contribution in [2.45, 2.75) is 25.8 Å². The molecule has 0 bridgehead atoms. The second-order valence-corrected chi connectivity index (χ2v) is 6.95. The molecule has 7 heteroatoms. The monoisotopic (exact) mass is 389 g/mol. The normalized spacial score (nSPS) is 16.4. The Labute approximate surface area is 161 Å². The Morgan fingerprint density at radius 2 is 1.93 bits per heavy atom. The molecule has 0 radical (unpaired) electrons. The summed E-state index contributed by atoms with van der Waals surface area (Å²) in [5.74, 6) is -1.42. The van der Waals surface area contributed by atoms with Crippen molar-refractivity contribution < 1.29 is 24.5 Å². The average Bonchev–Trinajstić information content (AvgIpc) is 3.13. The van der Waals surface area contributed by atoms with Crippen molar-refractivity contribution in [3.05, 3.63) is 57.6 Å². The van der Waals surface area contributed by atoms with Gasteiger partial charge in [0, 0.05) is 12.6 Å². The molecule has 0 aromatic heterocycles. The number of methoxy groups -OCH3 is 1. The molecule has 0 aliphatic carbocycles. The maximum atomic E-state index is 13.0. The van der Waals surface area contributed by atoms with Crippen LogP contribution in [0.2, 0.25) is 5.02 Å². The van der Waals surface area contributed by atoms with Crippen LogP contribution in [0.15, 0.2) is 30.3 Å². The number of nitrogens with zero attached hydrogens (tertiary/aromatic N) is 1. The third-order valence-corrected chi connectivity index (χ3v) is 5.17. The van der Waals surface area contributed by atoms with Gasteiger partial charge < -0.3 is 19.8 Å². The summed E-state index contributed by atoms with van der Waals surface area (Å²) in [5, 5.41) is 19.7. The van der Waals surface area contributed by atoms with Crippen molar-refractivity contribution in [3.63, 3.8) is 0 Å². The van der Waals surface area contributed by atoms with Gasteiger partial charge in [-0.1, -0.05) is 17.7 Å². The number of halogens is 1. The Morgan fingerprint density at radius 1 is 1.19 bits per heavy atom. The zero-order valence-electron chi connectivity index (χ0n) is 15.0. The Kier molecular flexibility index (Phi) is 5.28. The summed E-state index contributed by atoms with van der Waals surface area (Å²) in [5.41, 5.74) is 2.29. The van der Waals surface area contributed by atoms with Crippen LogP contribution in [0.5, 0.6) is 11.5 Å². The number of benzene rings is 2. The molecule has 3 rings (SSSR count). The van der Waals surface area contributed by atoms with Gasteiger partial charge in [-0.3, -0.25) is 4.79 Å². The minimum absolute atomic E-state index is 0.00392. The molecular weight excluding hydrogens is 370 g/mol. The van der Waals surface area contributed by atoms with Gasteiger partial charge >= 0.3 is 5.97 Å². The van der Waals surface area contributed by atoms with Crippen LogP contribution in [0.1, 0.15) is 50.7 Å². The number of carbonyl (C=O) groups is 2. The SMILES string of the molecule is COC(=O)c1ccc(C)c(C2CCCN2C(=O)c2cc(Cl)c(O)cc2O)c1. The predicted octanol–water partition coefficient (Wildman–Crippen LogP) is 3.82. The number of aryl methyl sites for hydroxylation is 1. The zero-order valence-corrected chi connectivity index (χ0v) is 15.8. The number of aromatic hydroxyl groups is 2. The molecule has 1 atom stereocenters. The maximum Gasteiger partial charge on any atom is 0.337 e. The summed E-state index contributed by atoms with van der Waals surface area (Å²) in [7, 11) is 1.32. The van der Waals surface area contributed by atoms with Gasteiger partial charge in [0.05, 0.1) is 29.3 Å². The molecule has 142 valence electrons. The van der Waals surface area contributed by atoms with E-state index in [2.05, 4.69) is 0 Å². The van der Waals surface area contributed by atoms with E-state index in [4.69, 9.17) is 16.3 Å². The number of hydrogen-bond donors (Lipinski definition) is 2. The molecule has 1 unspecified atom stereocenters. The van der Waals surface area contributed by atoms with Crippen molar-refractivity contribution in [3.8, 4) is 11.5 Å². The Bertz CT molecular complexity index is 911. The Balaban J connectivity index is 1.98. The molecule has 27 heavy (non-hydrogen) atoms. The molecule has 1 amide bonds. The maximum absolute atomic E-state index is 13.0. The molecule has 1 saturated heterocycles. The van der Waals surface area contributed by atoms with E-state index in [1.54, 1.807) is 17.0 Å². The second kappa shape index (κ2) is 7.48. The molecule has 0 spiro atoms. The van der Waals surface area contributed by atoms with Gasteiger partial charge in [-0.05, 0) is 49.1 Å². The fourth-order valence-corrected chi connectivity index (χ4v) is 3.62. The van der Waals surface area contributed by atoms with Crippen molar-refractivity contribution in [2.24, 2.45) is 0 Å². The van der Waals surface area contributed by atoms with Crippen molar-refractivity contribution in [1.29, 1.82) is 0 Å². The van der Waals surface area contributed by atoms with Crippen molar-refractivity contribution in [1.82, 2.24) is 4.90 Å². The largest absolute Gasteiger partial charge is 0.507 e. The predicted molar refractivity (Wildman–Crippen MR) is 100 cm³/mol. The lowest BCUT2D eigenvalue weighted by molar-refractivity contribution is 0.0600. The van der Waals surface area contributed by atoms with E-state index < -0.39 is 5.97 Å². The van der Waals surface area contributed by atoms with E-state index in [0.717, 1.165) is 30.0 Å². The molecular formula is C20H20ClNO5. The zero-order chi connectivity index (χ0) is 19.7. The van der Waals surface area contributed by atoms with E-state index in [0.29, 0.717) is 12.1 Å². The molecule has 0 saturated carbocycles. The van der Waals surface area contributed by atoms with Gasteiger partial charge in [0.1, 0.15) is 11.5 Å². The van der Waals surface area contributed by atoms with Crippen LogP contribution in [0, 0.1) is 6.92 Å². The number of amides is 1. The molecule has 2 N–H and O–H groups in total. The minimum atomic E-state index is -0.435. The summed E-state index contributed by atoms with van der Waals surface area (Å²) < 4.78 is 4.79. The van der Waals surface area contributed by atoms with Crippen LogP contribution in [0.4, 0.5) is 0 Å². The third kappa shape index (κ3) is 3.57. The molecule has 1 heterocycles. The topological polar surface area (TPSA) is 87.1 Å². The first kappa shape index (κ1) is 19.0. The highest BCUT2D eigenvalue weighted by atomic mass is 35.5. The Morgan fingerprint density at radius 3 is 2.63 bits per heavy atom. The lowest BCUT2D eigenvalue weighted by Gasteiger charge is -2.27. The van der Waals surface area contributed by atoms with Crippen molar-refractivity contribution in [2.75, 3.05) is 13.7 Å². The van der Waals surface area contributed by atoms with Gasteiger partial charge in [-0.2, -0.15) is 0 Å². The summed E-state index contributed by atoms with van der Waals surface area (Å²) in [6.45, 7) is 2.44. The molecule has 2 aromatic rings. The quantitative estimate of drug-likeness (QED) is 0.779. The first-order valence-electron chi connectivity index (χ1n) is 8.54. The molecule has 6 nitrogen and oxygen atoms in total. The second-order valence-electron chi connectivity index (χ2n) is 6.54. The first-order chi connectivity index (χ1) is 12.8. The standard InChI is InChI=1S/C20H20ClNO5/c1-11-5-6-12(20(26)27-2)8-13(11)16-4-3-7-22(16)19(25)14-9-15(21)18(24)10-17(14)23/h5-6,8-10,16,23-24H,3-4,7H2,1-2H3. The summed E-state index contributed by atoms with van der Waals surface area (Å²) in [4.78, 5) is 26.6. The van der Waals surface area contributed by atoms with E-state index in [1.807, 2.05) is 13.0 Å². The van der Waals surface area contributed by atoms with E-state index in [-0.39, 0.29) is 34.0 Å². The van der Waals surface area contributed by atoms with E-state index in [1.165, 1.54) is 13.2 Å². The fraction of sp³-hybridized carbons (Fsp3) is 0.300. The molecule has 2 aromatic carbocycles. The number of rotatable bonds is 3. The fourth-order valence-electron chi connectivity index (χ4n) is 3.45. The van der Waals surface area contributed by atoms with Gasteiger partial charge in [-0.25, -0.2) is 4.79 Å². The lowest BCUT2D eigenvalue weighted by atomic mass is 9.96. The van der Waals surface area contributed by atoms with Crippen LogP contribution < -0.4 is 0 Å².